The molecule has 0 spiro atoms. The fraction of sp³-hybridized carbons (Fsp3) is 0.0833. The van der Waals surface area contributed by atoms with Crippen LogP contribution in [0.4, 0.5) is 0 Å². The third-order valence-corrected chi connectivity index (χ3v) is 3.32. The molecule has 0 saturated carbocycles. The third kappa shape index (κ3) is 3.06. The van der Waals surface area contributed by atoms with Crippen LogP contribution in [0, 0.1) is 0 Å². The maximum absolute atomic E-state index is 10.7. The van der Waals surface area contributed by atoms with Crippen molar-refractivity contribution < 1.29 is 9.90 Å². The number of hydrogen-bond acceptors (Lipinski definition) is 3. The summed E-state index contributed by atoms with van der Waals surface area (Å²) in [5.74, 6) is -0.920. The quantitative estimate of drug-likeness (QED) is 0.901. The zero-order valence-corrected chi connectivity index (χ0v) is 10.5. The summed E-state index contributed by atoms with van der Waals surface area (Å²) in [5, 5.41) is 10.7. The Kier molecular flexibility index (Phi) is 4.69. The minimum absolute atomic E-state index is 0. The number of carboxylic acid groups (broad SMARTS) is 1. The average Bonchev–Trinajstić information content (AvgIpc) is 2.81. The molecule has 3 nitrogen and oxygen atoms in total. The second kappa shape index (κ2) is 5.82. The minimum Gasteiger partial charge on any atom is -0.478 e. The molecule has 1 aromatic heterocycles. The van der Waals surface area contributed by atoms with Crippen molar-refractivity contribution in [2.24, 2.45) is 5.73 Å². The van der Waals surface area contributed by atoms with E-state index in [9.17, 15) is 4.79 Å². The van der Waals surface area contributed by atoms with Crippen molar-refractivity contribution in [3.05, 3.63) is 57.8 Å². The van der Waals surface area contributed by atoms with Gasteiger partial charge in [0.1, 0.15) is 0 Å². The summed E-state index contributed by atoms with van der Waals surface area (Å²) in [7, 11) is 0. The predicted molar refractivity (Wildman–Crippen MR) is 71.0 cm³/mol. The summed E-state index contributed by atoms with van der Waals surface area (Å²) in [4.78, 5) is 11.8. The van der Waals surface area contributed by atoms with Crippen LogP contribution in [-0.2, 0) is 0 Å². The van der Waals surface area contributed by atoms with Crippen molar-refractivity contribution in [3.63, 3.8) is 0 Å². The van der Waals surface area contributed by atoms with Crippen molar-refractivity contribution in [2.75, 3.05) is 0 Å². The van der Waals surface area contributed by atoms with Crippen LogP contribution in [0.5, 0.6) is 0 Å². The van der Waals surface area contributed by atoms with Crippen LogP contribution in [0.15, 0.2) is 41.8 Å². The molecule has 1 heterocycles. The van der Waals surface area contributed by atoms with Crippen LogP contribution in [0.25, 0.3) is 0 Å². The van der Waals surface area contributed by atoms with E-state index in [0.29, 0.717) is 0 Å². The highest BCUT2D eigenvalue weighted by molar-refractivity contribution is 7.10. The van der Waals surface area contributed by atoms with Gasteiger partial charge in [-0.2, -0.15) is 0 Å². The molecule has 17 heavy (non-hydrogen) atoms. The van der Waals surface area contributed by atoms with Crippen LogP contribution in [-0.4, -0.2) is 11.1 Å². The molecule has 0 fully saturated rings. The molecule has 0 aliphatic rings. The number of nitrogens with two attached hydrogens (primary N) is 1. The summed E-state index contributed by atoms with van der Waals surface area (Å²) in [5.41, 5.74) is 7.25. The van der Waals surface area contributed by atoms with Gasteiger partial charge in [-0.05, 0) is 29.1 Å². The number of thiophene rings is 1. The molecule has 0 amide bonds. The van der Waals surface area contributed by atoms with Gasteiger partial charge in [-0.3, -0.25) is 0 Å². The molecule has 2 rings (SSSR count). The lowest BCUT2D eigenvalue weighted by Crippen LogP contribution is -2.10. The molecule has 1 aromatic carbocycles. The van der Waals surface area contributed by atoms with Crippen molar-refractivity contribution >= 4 is 29.7 Å². The SMILES string of the molecule is Cl.N[C@H](c1ccc(C(=O)O)cc1)c1cccs1. The lowest BCUT2D eigenvalue weighted by molar-refractivity contribution is 0.0697. The number of benzene rings is 1. The van der Waals surface area contributed by atoms with E-state index in [2.05, 4.69) is 0 Å². The van der Waals surface area contributed by atoms with E-state index in [1.54, 1.807) is 35.6 Å². The predicted octanol–water partition coefficient (Wildman–Crippen LogP) is 2.92. The van der Waals surface area contributed by atoms with Gasteiger partial charge in [-0.1, -0.05) is 18.2 Å². The van der Waals surface area contributed by atoms with Crippen molar-refractivity contribution in [1.29, 1.82) is 0 Å². The number of rotatable bonds is 3. The van der Waals surface area contributed by atoms with Crippen molar-refractivity contribution in [1.82, 2.24) is 0 Å². The topological polar surface area (TPSA) is 63.3 Å². The molecular weight excluding hydrogens is 258 g/mol. The first-order chi connectivity index (χ1) is 7.68. The highest BCUT2D eigenvalue weighted by Crippen LogP contribution is 2.23. The van der Waals surface area contributed by atoms with E-state index >= 15 is 0 Å². The summed E-state index contributed by atoms with van der Waals surface area (Å²) in [6, 6.07) is 10.4. The maximum Gasteiger partial charge on any atom is 0.335 e. The molecule has 0 bridgehead atoms. The Balaban J connectivity index is 0.00000144. The molecule has 1 atom stereocenters. The molecule has 0 unspecified atom stereocenters. The van der Waals surface area contributed by atoms with Gasteiger partial charge in [0.15, 0.2) is 0 Å². The number of aromatic carboxylic acids is 1. The number of carbonyl (C=O) groups is 1. The van der Waals surface area contributed by atoms with E-state index in [1.165, 1.54) is 0 Å². The Hall–Kier alpha value is -1.36. The summed E-state index contributed by atoms with van der Waals surface area (Å²) >= 11 is 1.60. The zero-order valence-electron chi connectivity index (χ0n) is 8.87. The van der Waals surface area contributed by atoms with Gasteiger partial charge >= 0.3 is 5.97 Å². The van der Waals surface area contributed by atoms with Crippen LogP contribution in [0.2, 0.25) is 0 Å². The van der Waals surface area contributed by atoms with Crippen LogP contribution in [0.3, 0.4) is 0 Å². The van der Waals surface area contributed by atoms with Crippen molar-refractivity contribution in [2.45, 2.75) is 6.04 Å². The molecule has 0 aliphatic heterocycles. The number of carboxylic acids is 1. The Morgan fingerprint density at radius 3 is 2.35 bits per heavy atom. The first-order valence-corrected chi connectivity index (χ1v) is 5.68. The van der Waals surface area contributed by atoms with E-state index in [1.807, 2.05) is 17.5 Å². The van der Waals surface area contributed by atoms with Gasteiger partial charge in [-0.15, -0.1) is 23.7 Å². The van der Waals surface area contributed by atoms with E-state index in [0.717, 1.165) is 10.4 Å². The summed E-state index contributed by atoms with van der Waals surface area (Å²) in [6.45, 7) is 0. The Bertz CT molecular complexity index is 482. The molecule has 0 radical (unpaired) electrons. The van der Waals surface area contributed by atoms with Gasteiger partial charge in [0.2, 0.25) is 0 Å². The lowest BCUT2D eigenvalue weighted by atomic mass is 10.0. The average molecular weight is 270 g/mol. The Morgan fingerprint density at radius 2 is 1.88 bits per heavy atom. The zero-order chi connectivity index (χ0) is 11.5. The highest BCUT2D eigenvalue weighted by Gasteiger charge is 2.10. The minimum atomic E-state index is -0.920. The lowest BCUT2D eigenvalue weighted by Gasteiger charge is -2.09. The largest absolute Gasteiger partial charge is 0.478 e. The first kappa shape index (κ1) is 13.7. The van der Waals surface area contributed by atoms with Gasteiger partial charge < -0.3 is 10.8 Å². The fourth-order valence-electron chi connectivity index (χ4n) is 1.47. The van der Waals surface area contributed by atoms with Gasteiger partial charge in [0.05, 0.1) is 11.6 Å². The van der Waals surface area contributed by atoms with Crippen molar-refractivity contribution in [3.8, 4) is 0 Å². The standard InChI is InChI=1S/C12H11NO2S.ClH/c13-11(10-2-1-7-16-10)8-3-5-9(6-4-8)12(14)15;/h1-7,11H,13H2,(H,14,15);1H/t11-;/m1./s1. The molecule has 3 N–H and O–H groups in total. The normalized spacial score (nSPS) is 11.6. The van der Waals surface area contributed by atoms with E-state index in [-0.39, 0.29) is 24.0 Å². The van der Waals surface area contributed by atoms with Crippen LogP contribution in [0.1, 0.15) is 26.8 Å². The Labute approximate surface area is 109 Å². The summed E-state index contributed by atoms with van der Waals surface area (Å²) < 4.78 is 0. The van der Waals surface area contributed by atoms with Gasteiger partial charge in [0.25, 0.3) is 0 Å². The Morgan fingerprint density at radius 1 is 1.24 bits per heavy atom. The second-order valence-corrected chi connectivity index (χ2v) is 4.40. The maximum atomic E-state index is 10.7. The molecule has 0 aliphatic carbocycles. The van der Waals surface area contributed by atoms with Crippen LogP contribution >= 0.6 is 23.7 Å². The smallest absolute Gasteiger partial charge is 0.335 e. The first-order valence-electron chi connectivity index (χ1n) is 4.80. The van der Waals surface area contributed by atoms with E-state index < -0.39 is 5.97 Å². The fourth-order valence-corrected chi connectivity index (χ4v) is 2.22. The van der Waals surface area contributed by atoms with Crippen LogP contribution < -0.4 is 5.73 Å². The molecule has 5 heteroatoms. The number of hydrogen-bond donors (Lipinski definition) is 2. The molecule has 2 aromatic rings. The van der Waals surface area contributed by atoms with Gasteiger partial charge in [0, 0.05) is 4.88 Å². The van der Waals surface area contributed by atoms with E-state index in [4.69, 9.17) is 10.8 Å². The molecule has 90 valence electrons. The second-order valence-electron chi connectivity index (χ2n) is 3.42. The summed E-state index contributed by atoms with van der Waals surface area (Å²) in [6.07, 6.45) is 0. The molecular formula is C12H12ClNO2S. The van der Waals surface area contributed by atoms with Gasteiger partial charge in [-0.25, -0.2) is 4.79 Å². The monoisotopic (exact) mass is 269 g/mol. The third-order valence-electron chi connectivity index (χ3n) is 2.37. The molecule has 0 saturated heterocycles. The number of halogens is 1. The highest BCUT2D eigenvalue weighted by atomic mass is 35.5.